The number of hydrogen-bond acceptors (Lipinski definition) is 9. The SMILES string of the molecule is O=S(=O)(OS(c1ccc(OC2CCCCO2)cc1)(c1ccc(OC2CCCCO2)cc1)c1ccccc1OCOCCc1cc2ccccc2c2ccccc12)C(F)(F)C(F)(F)C(F)(F)C(F)(F)F. The second kappa shape index (κ2) is 20.2. The summed E-state index contributed by atoms with van der Waals surface area (Å²) in [4.78, 5) is -1.13. The first kappa shape index (κ1) is 50.1. The van der Waals surface area contributed by atoms with Crippen molar-refractivity contribution >= 4 is 42.0 Å². The molecule has 2 atom stereocenters. The normalized spacial score (nSPS) is 18.9. The number of para-hydroxylation sites is 1. The van der Waals surface area contributed by atoms with Gasteiger partial charge in [-0.3, -0.25) is 0 Å². The van der Waals surface area contributed by atoms with Gasteiger partial charge in [0.1, 0.15) is 17.2 Å². The largest absolute Gasteiger partial charge is 0.466 e. The Hall–Kier alpha value is -5.25. The van der Waals surface area contributed by atoms with Crippen molar-refractivity contribution in [1.82, 2.24) is 0 Å². The number of fused-ring (bicyclic) bond motifs is 3. The minimum atomic E-state index is -7.60. The third kappa shape index (κ3) is 10.1. The van der Waals surface area contributed by atoms with Gasteiger partial charge >= 0.3 is 33.4 Å². The molecule has 0 radical (unpaired) electrons. The summed E-state index contributed by atoms with van der Waals surface area (Å²) in [6.07, 6.45) is -4.28. The lowest BCUT2D eigenvalue weighted by Crippen LogP contribution is -2.63. The summed E-state index contributed by atoms with van der Waals surface area (Å²) >= 11 is 0. The van der Waals surface area contributed by atoms with Gasteiger partial charge in [0.2, 0.25) is 0 Å². The molecule has 2 unspecified atom stereocenters. The lowest BCUT2D eigenvalue weighted by Gasteiger charge is -2.42. The van der Waals surface area contributed by atoms with Crippen molar-refractivity contribution in [2.24, 2.45) is 0 Å². The van der Waals surface area contributed by atoms with Crippen LogP contribution in [0.15, 0.2) is 142 Å². The van der Waals surface area contributed by atoms with Crippen LogP contribution in [0.2, 0.25) is 0 Å². The number of halogens is 9. The van der Waals surface area contributed by atoms with Crippen LogP contribution in [-0.4, -0.2) is 70.9 Å². The Morgan fingerprint density at radius 1 is 0.580 bits per heavy atom. The molecule has 0 saturated carbocycles. The van der Waals surface area contributed by atoms with Gasteiger partial charge in [-0.2, -0.15) is 47.9 Å². The van der Waals surface area contributed by atoms with Crippen molar-refractivity contribution in [3.63, 3.8) is 0 Å². The highest BCUT2D eigenvalue weighted by atomic mass is 32.3. The minimum Gasteiger partial charge on any atom is -0.466 e. The maximum absolute atomic E-state index is 15.9. The molecule has 2 aliphatic rings. The number of hydrogen-bond donors (Lipinski definition) is 0. The molecule has 0 N–H and O–H groups in total. The molecule has 6 aromatic carbocycles. The summed E-state index contributed by atoms with van der Waals surface area (Å²) in [7, 11) is -12.1. The Kier molecular flexibility index (Phi) is 14.7. The summed E-state index contributed by atoms with van der Waals surface area (Å²) in [6, 6.07) is 32.5. The lowest BCUT2D eigenvalue weighted by atomic mass is 9.96. The van der Waals surface area contributed by atoms with Crippen LogP contribution in [0.5, 0.6) is 17.2 Å². The smallest absolute Gasteiger partial charge is 0.460 e. The summed E-state index contributed by atoms with van der Waals surface area (Å²) in [5.41, 5.74) is 0.936. The molecule has 2 saturated heterocycles. The molecule has 2 heterocycles. The summed E-state index contributed by atoms with van der Waals surface area (Å²) in [5, 5.41) is -3.20. The van der Waals surface area contributed by atoms with E-state index in [1.165, 1.54) is 42.5 Å². The maximum atomic E-state index is 15.9. The van der Waals surface area contributed by atoms with Gasteiger partial charge in [-0.25, -0.2) is 3.63 Å². The van der Waals surface area contributed by atoms with Crippen LogP contribution in [0.3, 0.4) is 0 Å². The Morgan fingerprint density at radius 3 is 1.65 bits per heavy atom. The first-order chi connectivity index (χ1) is 32.9. The van der Waals surface area contributed by atoms with E-state index in [1.807, 2.05) is 54.6 Å². The van der Waals surface area contributed by atoms with Crippen LogP contribution >= 0.6 is 10.3 Å². The number of alkyl halides is 9. The van der Waals surface area contributed by atoms with E-state index < -0.39 is 68.0 Å². The molecular weight excluding hydrogens is 968 g/mol. The molecule has 0 amide bonds. The summed E-state index contributed by atoms with van der Waals surface area (Å²) < 4.78 is 199. The van der Waals surface area contributed by atoms with Gasteiger partial charge in [0.15, 0.2) is 19.4 Å². The zero-order chi connectivity index (χ0) is 49.1. The van der Waals surface area contributed by atoms with Crippen molar-refractivity contribution in [3.05, 3.63) is 133 Å². The monoisotopic (exact) mass is 1010 g/mol. The van der Waals surface area contributed by atoms with Crippen molar-refractivity contribution in [2.75, 3.05) is 26.6 Å². The average Bonchev–Trinajstić information content (AvgIpc) is 3.34. The number of ether oxygens (including phenoxy) is 6. The van der Waals surface area contributed by atoms with Gasteiger partial charge in [-0.15, -0.1) is 0 Å². The quantitative estimate of drug-likeness (QED) is 0.0361. The zero-order valence-electron chi connectivity index (χ0n) is 36.4. The highest BCUT2D eigenvalue weighted by Gasteiger charge is 2.86. The predicted molar refractivity (Wildman–Crippen MR) is 238 cm³/mol. The Bertz CT molecular complexity index is 2750. The first-order valence-corrected chi connectivity index (χ1v) is 24.8. The van der Waals surface area contributed by atoms with Gasteiger partial charge in [0.05, 0.1) is 24.7 Å². The van der Waals surface area contributed by atoms with Crippen molar-refractivity contribution in [1.29, 1.82) is 0 Å². The van der Waals surface area contributed by atoms with Crippen LogP contribution < -0.4 is 14.2 Å². The molecule has 69 heavy (non-hydrogen) atoms. The van der Waals surface area contributed by atoms with Crippen molar-refractivity contribution in [2.45, 2.75) is 95.5 Å². The van der Waals surface area contributed by atoms with Gasteiger partial charge in [0, 0.05) is 22.6 Å². The molecular formula is C49H45F9O9S2. The van der Waals surface area contributed by atoms with Gasteiger partial charge < -0.3 is 28.4 Å². The highest BCUT2D eigenvalue weighted by molar-refractivity contribution is 8.33. The molecule has 8 rings (SSSR count). The third-order valence-corrected chi connectivity index (χ3v) is 16.8. The Morgan fingerprint density at radius 2 is 1.10 bits per heavy atom. The van der Waals surface area contributed by atoms with E-state index in [4.69, 9.17) is 32.1 Å². The summed E-state index contributed by atoms with van der Waals surface area (Å²) in [5.74, 6) is -15.2. The van der Waals surface area contributed by atoms with Crippen LogP contribution in [0.4, 0.5) is 39.5 Å². The molecule has 20 heteroatoms. The third-order valence-electron chi connectivity index (χ3n) is 11.6. The molecule has 2 aliphatic heterocycles. The van der Waals surface area contributed by atoms with Crippen LogP contribution in [0.1, 0.15) is 44.1 Å². The van der Waals surface area contributed by atoms with E-state index >= 15 is 17.6 Å². The molecule has 2 fully saturated rings. The molecule has 0 aliphatic carbocycles. The molecule has 0 spiro atoms. The molecule has 0 aromatic heterocycles. The predicted octanol–water partition coefficient (Wildman–Crippen LogP) is 13.4. The lowest BCUT2D eigenvalue weighted by molar-refractivity contribution is -0.382. The molecule has 0 bridgehead atoms. The van der Waals surface area contributed by atoms with Gasteiger partial charge in [-0.05, 0) is 130 Å². The van der Waals surface area contributed by atoms with E-state index in [2.05, 4.69) is 0 Å². The second-order valence-corrected chi connectivity index (χ2v) is 20.6. The molecule has 9 nitrogen and oxygen atoms in total. The fourth-order valence-corrected chi connectivity index (χ4v) is 13.3. The first-order valence-electron chi connectivity index (χ1n) is 21.8. The Labute approximate surface area is 393 Å². The zero-order valence-corrected chi connectivity index (χ0v) is 38.1. The van der Waals surface area contributed by atoms with Crippen molar-refractivity contribution < 1.29 is 80.0 Å². The Balaban J connectivity index is 1.20. The van der Waals surface area contributed by atoms with Crippen molar-refractivity contribution in [3.8, 4) is 17.2 Å². The molecule has 6 aromatic rings. The fraction of sp³-hybridized carbons (Fsp3) is 0.347. The molecule has 370 valence electrons. The van der Waals surface area contributed by atoms with Crippen LogP contribution in [0, 0.1) is 0 Å². The van der Waals surface area contributed by atoms with E-state index in [-0.39, 0.29) is 33.6 Å². The highest BCUT2D eigenvalue weighted by Crippen LogP contribution is 2.73. The van der Waals surface area contributed by atoms with E-state index in [0.29, 0.717) is 32.5 Å². The number of benzene rings is 6. The number of rotatable bonds is 18. The fourth-order valence-electron chi connectivity index (χ4n) is 8.02. The topological polar surface area (TPSA) is 98.8 Å². The van der Waals surface area contributed by atoms with E-state index in [1.54, 1.807) is 0 Å². The van der Waals surface area contributed by atoms with E-state index in [9.17, 15) is 30.4 Å². The maximum Gasteiger partial charge on any atom is 0.460 e. The second-order valence-electron chi connectivity index (χ2n) is 16.2. The van der Waals surface area contributed by atoms with Gasteiger partial charge in [-0.1, -0.05) is 66.7 Å². The summed E-state index contributed by atoms with van der Waals surface area (Å²) in [6.45, 7) is 0.266. The van der Waals surface area contributed by atoms with E-state index in [0.717, 1.165) is 83.1 Å². The van der Waals surface area contributed by atoms with Crippen LogP contribution in [-0.2, 0) is 34.4 Å². The van der Waals surface area contributed by atoms with Gasteiger partial charge in [0.25, 0.3) is 0 Å². The van der Waals surface area contributed by atoms with Crippen LogP contribution in [0.25, 0.3) is 21.5 Å². The standard InChI is InChI=1S/C49H45F9O9S2/c50-46(51,48(54,55)56)47(52,53)49(57,58)69(59,60)67-68(37-23-19-35(20-24-37)65-44-17-7-9-28-62-44,38-25-21-36(22-26-38)66-45-18-8-10-29-63-45)43-16-6-5-15-42(43)64-32-61-30-27-34-31-33-11-1-2-12-39(33)41-14-4-3-13-40(34)41/h1-6,11-16,19-26,31,44-45H,7-10,17-18,27-30,32H2. The minimum absolute atomic E-state index is 0.0560. The average molecular weight is 1010 g/mol.